The lowest BCUT2D eigenvalue weighted by Crippen LogP contribution is -2.25. The number of carbonyl (C=O) groups is 1. The molecule has 0 spiro atoms. The summed E-state index contributed by atoms with van der Waals surface area (Å²) in [6.45, 7) is 0.339. The standard InChI is InChI=1S/C26H20F9N7O2/c1-3-14-10-36-21(22(43)44)37-20(14)19-5-4-16(24(27,28)29)8-15(19)12-42(23-38-40-41(2)39-23)11-13-6-17(25(30,31)32)9-18(7-13)26(33,34)35/h4-10H,3,11-12H2,1-2H3,(H,43,44). The monoisotopic (exact) mass is 633 g/mol. The third kappa shape index (κ3) is 7.23. The van der Waals surface area contributed by atoms with Gasteiger partial charge in [-0.05, 0) is 58.7 Å². The number of hydrogen-bond acceptors (Lipinski definition) is 7. The topological polar surface area (TPSA) is 110 Å². The van der Waals surface area contributed by atoms with E-state index in [0.29, 0.717) is 23.8 Å². The number of rotatable bonds is 8. The molecule has 2 aromatic heterocycles. The van der Waals surface area contributed by atoms with E-state index in [2.05, 4.69) is 25.4 Å². The lowest BCUT2D eigenvalue weighted by molar-refractivity contribution is -0.143. The predicted octanol–water partition coefficient (Wildman–Crippen LogP) is 6.19. The van der Waals surface area contributed by atoms with Crippen molar-refractivity contribution < 1.29 is 49.4 Å². The Morgan fingerprint density at radius 1 is 0.864 bits per heavy atom. The van der Waals surface area contributed by atoms with Crippen molar-refractivity contribution in [2.45, 2.75) is 45.0 Å². The van der Waals surface area contributed by atoms with Gasteiger partial charge in [-0.3, -0.25) is 0 Å². The average molecular weight is 633 g/mol. The van der Waals surface area contributed by atoms with Crippen LogP contribution < -0.4 is 4.90 Å². The number of tetrazole rings is 1. The Morgan fingerprint density at radius 2 is 1.48 bits per heavy atom. The summed E-state index contributed by atoms with van der Waals surface area (Å²) >= 11 is 0. The Morgan fingerprint density at radius 3 is 1.98 bits per heavy atom. The number of halogens is 9. The zero-order valence-electron chi connectivity index (χ0n) is 22.6. The molecule has 9 nitrogen and oxygen atoms in total. The van der Waals surface area contributed by atoms with Crippen molar-refractivity contribution in [1.29, 1.82) is 0 Å². The van der Waals surface area contributed by atoms with Crippen LogP contribution in [-0.4, -0.2) is 41.3 Å². The van der Waals surface area contributed by atoms with E-state index < -0.39 is 65.7 Å². The lowest BCUT2D eigenvalue weighted by Gasteiger charge is -2.24. The first kappa shape index (κ1) is 32.2. The van der Waals surface area contributed by atoms with Gasteiger partial charge in [0.25, 0.3) is 5.95 Å². The predicted molar refractivity (Wildman–Crippen MR) is 134 cm³/mol. The fourth-order valence-corrected chi connectivity index (χ4v) is 4.27. The second kappa shape index (κ2) is 11.7. The third-order valence-electron chi connectivity index (χ3n) is 6.29. The Hall–Kier alpha value is -4.77. The Kier molecular flexibility index (Phi) is 8.57. The third-order valence-corrected chi connectivity index (χ3v) is 6.29. The van der Waals surface area contributed by atoms with E-state index in [1.165, 1.54) is 13.2 Å². The van der Waals surface area contributed by atoms with Crippen molar-refractivity contribution in [2.24, 2.45) is 7.05 Å². The molecule has 0 atom stereocenters. The van der Waals surface area contributed by atoms with Gasteiger partial charge in [-0.15, -0.1) is 5.10 Å². The van der Waals surface area contributed by atoms with Crippen molar-refractivity contribution >= 4 is 11.9 Å². The van der Waals surface area contributed by atoms with Gasteiger partial charge < -0.3 is 10.0 Å². The highest BCUT2D eigenvalue weighted by Gasteiger charge is 2.37. The quantitative estimate of drug-likeness (QED) is 0.229. The fraction of sp³-hybridized carbons (Fsp3) is 0.308. The summed E-state index contributed by atoms with van der Waals surface area (Å²) in [6.07, 6.45) is -13.7. The van der Waals surface area contributed by atoms with Gasteiger partial charge in [0.2, 0.25) is 5.82 Å². The lowest BCUT2D eigenvalue weighted by atomic mass is 9.96. The van der Waals surface area contributed by atoms with E-state index in [-0.39, 0.29) is 35.3 Å². The van der Waals surface area contributed by atoms with Crippen molar-refractivity contribution in [3.05, 3.63) is 81.8 Å². The normalized spacial score (nSPS) is 12.4. The van der Waals surface area contributed by atoms with E-state index in [9.17, 15) is 49.4 Å². The van der Waals surface area contributed by atoms with Gasteiger partial charge in [0.1, 0.15) is 0 Å². The van der Waals surface area contributed by atoms with Crippen LogP contribution in [0.3, 0.4) is 0 Å². The summed E-state index contributed by atoms with van der Waals surface area (Å²) in [6, 6.07) is 3.39. The Labute approximate surface area is 242 Å². The molecule has 0 bridgehead atoms. The zero-order chi connectivity index (χ0) is 32.6. The molecule has 4 aromatic rings. The van der Waals surface area contributed by atoms with Crippen LogP contribution in [0.2, 0.25) is 0 Å². The number of carboxylic acid groups (broad SMARTS) is 1. The van der Waals surface area contributed by atoms with Crippen LogP contribution in [0.5, 0.6) is 0 Å². The van der Waals surface area contributed by atoms with Crippen molar-refractivity contribution in [3.63, 3.8) is 0 Å². The van der Waals surface area contributed by atoms with E-state index in [1.807, 2.05) is 0 Å². The molecule has 0 aliphatic rings. The summed E-state index contributed by atoms with van der Waals surface area (Å²) < 4.78 is 122. The van der Waals surface area contributed by atoms with Crippen LogP contribution in [0, 0.1) is 0 Å². The molecule has 1 N–H and O–H groups in total. The molecule has 0 fully saturated rings. The molecule has 44 heavy (non-hydrogen) atoms. The maximum absolute atomic E-state index is 13.8. The van der Waals surface area contributed by atoms with Crippen molar-refractivity contribution in [1.82, 2.24) is 30.2 Å². The van der Waals surface area contributed by atoms with Gasteiger partial charge in [-0.1, -0.05) is 18.1 Å². The van der Waals surface area contributed by atoms with Gasteiger partial charge in [-0.25, -0.2) is 14.8 Å². The molecule has 0 radical (unpaired) electrons. The van der Waals surface area contributed by atoms with Crippen LogP contribution in [0.15, 0.2) is 42.6 Å². The van der Waals surface area contributed by atoms with Gasteiger partial charge in [-0.2, -0.15) is 44.3 Å². The first-order chi connectivity index (χ1) is 20.4. The number of aryl methyl sites for hydroxylation is 2. The highest BCUT2D eigenvalue weighted by molar-refractivity contribution is 5.84. The van der Waals surface area contributed by atoms with E-state index >= 15 is 0 Å². The SMILES string of the molecule is CCc1cnc(C(=O)O)nc1-c1ccc(C(F)(F)F)cc1CN(Cc1cc(C(F)(F)F)cc(C(F)(F)F)c1)c1nnn(C)n1. The zero-order valence-corrected chi connectivity index (χ0v) is 22.6. The first-order valence-corrected chi connectivity index (χ1v) is 12.4. The van der Waals surface area contributed by atoms with Gasteiger partial charge >= 0.3 is 24.5 Å². The molecular weight excluding hydrogens is 613 g/mol. The summed E-state index contributed by atoms with van der Waals surface area (Å²) in [5.41, 5.74) is -4.66. The Balaban J connectivity index is 1.91. The number of alkyl halides is 9. The maximum atomic E-state index is 13.8. The number of benzene rings is 2. The number of aromatic nitrogens is 6. The molecule has 4 rings (SSSR count). The second-order valence-electron chi connectivity index (χ2n) is 9.44. The van der Waals surface area contributed by atoms with Crippen molar-refractivity contribution in [2.75, 3.05) is 4.90 Å². The summed E-state index contributed by atoms with van der Waals surface area (Å²) in [5, 5.41) is 20.7. The summed E-state index contributed by atoms with van der Waals surface area (Å²) in [5.74, 6) is -2.50. The molecule has 0 aliphatic carbocycles. The highest BCUT2D eigenvalue weighted by Crippen LogP contribution is 2.38. The second-order valence-corrected chi connectivity index (χ2v) is 9.44. The number of aromatic carboxylic acids is 1. The maximum Gasteiger partial charge on any atom is 0.416 e. The van der Waals surface area contributed by atoms with Gasteiger partial charge in [0.15, 0.2) is 0 Å². The van der Waals surface area contributed by atoms with E-state index in [4.69, 9.17) is 0 Å². The first-order valence-electron chi connectivity index (χ1n) is 12.4. The van der Waals surface area contributed by atoms with E-state index in [0.717, 1.165) is 21.8 Å². The molecule has 0 amide bonds. The molecule has 2 heterocycles. The molecule has 18 heteroatoms. The summed E-state index contributed by atoms with van der Waals surface area (Å²) in [7, 11) is 1.32. The van der Waals surface area contributed by atoms with Crippen molar-refractivity contribution in [3.8, 4) is 11.3 Å². The number of nitrogens with zero attached hydrogens (tertiary/aromatic N) is 7. The largest absolute Gasteiger partial charge is 0.475 e. The minimum Gasteiger partial charge on any atom is -0.475 e. The minimum absolute atomic E-state index is 0.00802. The smallest absolute Gasteiger partial charge is 0.416 e. The number of anilines is 1. The molecule has 234 valence electrons. The molecule has 0 aliphatic heterocycles. The van der Waals surface area contributed by atoms with Crippen LogP contribution >= 0.6 is 0 Å². The molecule has 2 aromatic carbocycles. The van der Waals surface area contributed by atoms with Crippen LogP contribution in [0.1, 0.15) is 50.9 Å². The van der Waals surface area contributed by atoms with Crippen LogP contribution in [0.25, 0.3) is 11.3 Å². The average Bonchev–Trinajstić information content (AvgIpc) is 3.36. The van der Waals surface area contributed by atoms with Gasteiger partial charge in [0.05, 0.1) is 29.4 Å². The number of carboxylic acids is 1. The van der Waals surface area contributed by atoms with E-state index in [1.54, 1.807) is 6.92 Å². The summed E-state index contributed by atoms with van der Waals surface area (Å²) in [4.78, 5) is 21.2. The molecule has 0 saturated heterocycles. The fourth-order valence-electron chi connectivity index (χ4n) is 4.27. The highest BCUT2D eigenvalue weighted by atomic mass is 19.4. The molecule has 0 saturated carbocycles. The number of hydrogen-bond donors (Lipinski definition) is 1. The van der Waals surface area contributed by atoms with Gasteiger partial charge in [0, 0.05) is 24.8 Å². The molecular formula is C26H20F9N7O2. The molecule has 0 unspecified atom stereocenters. The van der Waals surface area contributed by atoms with Crippen LogP contribution in [0.4, 0.5) is 45.5 Å². The Bertz CT molecular complexity index is 1650. The minimum atomic E-state index is -5.15. The van der Waals surface area contributed by atoms with Crippen LogP contribution in [-0.2, 0) is 45.1 Å².